The van der Waals surface area contributed by atoms with Crippen molar-refractivity contribution in [1.82, 2.24) is 5.32 Å². The van der Waals surface area contributed by atoms with E-state index >= 15 is 0 Å². The maximum absolute atomic E-state index is 12.4. The number of nitrogens with one attached hydrogen (secondary N) is 1. The minimum atomic E-state index is -1.30. The van der Waals surface area contributed by atoms with Crippen molar-refractivity contribution in [3.8, 4) is 0 Å². The van der Waals surface area contributed by atoms with Crippen LogP contribution in [0.2, 0.25) is 0 Å². The van der Waals surface area contributed by atoms with Crippen molar-refractivity contribution in [1.29, 1.82) is 0 Å². The van der Waals surface area contributed by atoms with Gasteiger partial charge in [-0.25, -0.2) is 0 Å². The predicted molar refractivity (Wildman–Crippen MR) is 191 cm³/mol. The summed E-state index contributed by atoms with van der Waals surface area (Å²) in [5.74, 6) is -0.615. The lowest BCUT2D eigenvalue weighted by atomic mass is 10.00. The summed E-state index contributed by atoms with van der Waals surface area (Å²) in [6, 6.07) is -1.01. The average molecular weight is 634 g/mol. The largest absolute Gasteiger partial charge is 0.394 e. The first-order valence-corrected chi connectivity index (χ1v) is 18.5. The second-order valence-corrected chi connectivity index (χ2v) is 12.5. The Kier molecular flexibility index (Phi) is 32.3. The van der Waals surface area contributed by atoms with Gasteiger partial charge in [-0.1, -0.05) is 127 Å². The molecular weight excluding hydrogens is 562 g/mol. The molecule has 0 aliphatic carbocycles. The van der Waals surface area contributed by atoms with E-state index < -0.39 is 36.9 Å². The van der Waals surface area contributed by atoms with Gasteiger partial charge in [0.25, 0.3) is 0 Å². The smallest absolute Gasteiger partial charge is 0.249 e. The van der Waals surface area contributed by atoms with Crippen LogP contribution in [0.15, 0.2) is 48.6 Å². The van der Waals surface area contributed by atoms with Crippen molar-refractivity contribution in [3.63, 3.8) is 0 Å². The molecule has 0 aromatic heterocycles. The van der Waals surface area contributed by atoms with Gasteiger partial charge in [-0.15, -0.1) is 0 Å². The highest BCUT2D eigenvalue weighted by Gasteiger charge is 2.28. The maximum Gasteiger partial charge on any atom is 0.249 e. The van der Waals surface area contributed by atoms with E-state index in [9.17, 15) is 25.2 Å². The first kappa shape index (κ1) is 43.3. The highest BCUT2D eigenvalue weighted by Crippen LogP contribution is 2.12. The summed E-state index contributed by atoms with van der Waals surface area (Å²) in [5.41, 5.74) is 0. The molecule has 0 aromatic rings. The molecule has 6 nitrogen and oxygen atoms in total. The molecule has 0 rings (SSSR count). The van der Waals surface area contributed by atoms with Crippen LogP contribution in [0, 0.1) is 0 Å². The van der Waals surface area contributed by atoms with Gasteiger partial charge in [0, 0.05) is 0 Å². The molecule has 262 valence electrons. The Morgan fingerprint density at radius 2 is 0.956 bits per heavy atom. The third-order valence-corrected chi connectivity index (χ3v) is 8.22. The fourth-order valence-electron chi connectivity index (χ4n) is 5.18. The van der Waals surface area contributed by atoms with E-state index in [1.165, 1.54) is 57.8 Å². The van der Waals surface area contributed by atoms with E-state index in [0.717, 1.165) is 70.6 Å². The molecule has 0 aliphatic heterocycles. The molecule has 6 heteroatoms. The Morgan fingerprint density at radius 1 is 0.533 bits per heavy atom. The second-order valence-electron chi connectivity index (χ2n) is 12.5. The zero-order valence-corrected chi connectivity index (χ0v) is 29.1. The number of hydrogen-bond acceptors (Lipinski definition) is 5. The zero-order valence-electron chi connectivity index (χ0n) is 29.1. The predicted octanol–water partition coefficient (Wildman–Crippen LogP) is 8.78. The van der Waals surface area contributed by atoms with Gasteiger partial charge in [0.2, 0.25) is 5.91 Å². The minimum Gasteiger partial charge on any atom is -0.394 e. The monoisotopic (exact) mass is 634 g/mol. The van der Waals surface area contributed by atoms with E-state index in [1.807, 2.05) is 0 Å². The van der Waals surface area contributed by atoms with Crippen molar-refractivity contribution >= 4 is 5.91 Å². The van der Waals surface area contributed by atoms with Crippen molar-refractivity contribution in [2.45, 2.75) is 186 Å². The van der Waals surface area contributed by atoms with Crippen molar-refractivity contribution in [2.75, 3.05) is 6.61 Å². The molecule has 45 heavy (non-hydrogen) atoms. The minimum absolute atomic E-state index is 0.341. The Bertz CT molecular complexity index is 763. The highest BCUT2D eigenvalue weighted by atomic mass is 16.3. The summed E-state index contributed by atoms with van der Waals surface area (Å²) in [5, 5.41) is 43.3. The number of amides is 1. The topological polar surface area (TPSA) is 110 Å². The summed E-state index contributed by atoms with van der Waals surface area (Å²) in [7, 11) is 0. The summed E-state index contributed by atoms with van der Waals surface area (Å²) in [6.45, 7) is 3.94. The van der Waals surface area contributed by atoms with Crippen LogP contribution in [0.25, 0.3) is 0 Å². The lowest BCUT2D eigenvalue weighted by Crippen LogP contribution is -2.53. The van der Waals surface area contributed by atoms with Gasteiger partial charge < -0.3 is 25.7 Å². The molecule has 0 heterocycles. The van der Waals surface area contributed by atoms with Crippen LogP contribution in [0.4, 0.5) is 0 Å². The van der Waals surface area contributed by atoms with Crippen LogP contribution in [0.1, 0.15) is 162 Å². The summed E-state index contributed by atoms with van der Waals surface area (Å²) >= 11 is 0. The molecule has 0 spiro atoms. The molecule has 0 aliphatic rings. The van der Waals surface area contributed by atoms with Crippen molar-refractivity contribution in [2.24, 2.45) is 0 Å². The molecule has 0 bridgehead atoms. The van der Waals surface area contributed by atoms with Gasteiger partial charge in [-0.05, 0) is 83.5 Å². The van der Waals surface area contributed by atoms with Crippen LogP contribution in [-0.2, 0) is 4.79 Å². The van der Waals surface area contributed by atoms with Gasteiger partial charge in [-0.2, -0.15) is 0 Å². The number of unbranched alkanes of at least 4 members (excludes halogenated alkanes) is 15. The molecule has 5 N–H and O–H groups in total. The normalized spacial score (nSPS) is 15.1. The lowest BCUT2D eigenvalue weighted by Gasteiger charge is -2.27. The van der Waals surface area contributed by atoms with Crippen LogP contribution >= 0.6 is 0 Å². The fourth-order valence-corrected chi connectivity index (χ4v) is 5.18. The quantitative estimate of drug-likeness (QED) is 0.0376. The van der Waals surface area contributed by atoms with Crippen LogP contribution in [0.3, 0.4) is 0 Å². The van der Waals surface area contributed by atoms with E-state index in [0.29, 0.717) is 19.3 Å². The summed E-state index contributed by atoms with van der Waals surface area (Å²) < 4.78 is 0. The molecule has 0 radical (unpaired) electrons. The SMILES string of the molecule is CCCC/C=C\CCCCCCC(O)C(=O)NC(CO)C(O)C(O)CCC/C=C/CC/C=C/CC/C=C/CCCCCCCC. The number of carbonyl (C=O) groups excluding carboxylic acids is 1. The zero-order chi connectivity index (χ0) is 33.2. The van der Waals surface area contributed by atoms with Gasteiger partial charge in [0.1, 0.15) is 12.2 Å². The summed E-state index contributed by atoms with van der Waals surface area (Å²) in [6.07, 6.45) is 38.5. The molecule has 1 amide bonds. The Labute approximate surface area is 277 Å². The van der Waals surface area contributed by atoms with Crippen molar-refractivity contribution in [3.05, 3.63) is 48.6 Å². The first-order valence-electron chi connectivity index (χ1n) is 18.5. The molecule has 4 atom stereocenters. The van der Waals surface area contributed by atoms with Crippen molar-refractivity contribution < 1.29 is 25.2 Å². The first-order chi connectivity index (χ1) is 22.0. The van der Waals surface area contributed by atoms with E-state index in [-0.39, 0.29) is 0 Å². The Morgan fingerprint density at radius 3 is 1.47 bits per heavy atom. The lowest BCUT2D eigenvalue weighted by molar-refractivity contribution is -0.132. The number of carbonyl (C=O) groups is 1. The number of aliphatic hydroxyl groups is 4. The third kappa shape index (κ3) is 28.2. The van der Waals surface area contributed by atoms with Crippen LogP contribution in [-0.4, -0.2) is 57.3 Å². The number of allylic oxidation sites excluding steroid dienone is 8. The standard InChI is InChI=1S/C39H71NO5/c1-3-5-7-9-11-13-15-16-17-18-19-20-21-22-23-25-26-28-30-32-36(42)38(44)35(34-41)40-39(45)37(43)33-31-29-27-24-14-12-10-8-6-4-2/h10,12,16-17,20-21,25-26,35-38,41-44H,3-9,11,13-15,18-19,22-24,27-34H2,1-2H3,(H,40,45)/b12-10-,17-16+,21-20+,26-25+. The van der Waals surface area contributed by atoms with Gasteiger partial charge in [-0.3, -0.25) is 4.79 Å². The Balaban J connectivity index is 3.93. The number of aliphatic hydroxyl groups excluding tert-OH is 4. The summed E-state index contributed by atoms with van der Waals surface area (Å²) in [4.78, 5) is 12.4. The third-order valence-electron chi connectivity index (χ3n) is 8.22. The van der Waals surface area contributed by atoms with Gasteiger partial charge in [0.05, 0.1) is 18.8 Å². The second kappa shape index (κ2) is 33.6. The molecule has 0 fully saturated rings. The van der Waals surface area contributed by atoms with Crippen LogP contribution in [0.5, 0.6) is 0 Å². The van der Waals surface area contributed by atoms with Gasteiger partial charge >= 0.3 is 0 Å². The van der Waals surface area contributed by atoms with E-state index in [2.05, 4.69) is 67.8 Å². The molecular formula is C39H71NO5. The van der Waals surface area contributed by atoms with E-state index in [4.69, 9.17) is 0 Å². The Hall–Kier alpha value is -1.73. The molecule has 0 saturated carbocycles. The number of rotatable bonds is 32. The molecule has 4 unspecified atom stereocenters. The molecule has 0 saturated heterocycles. The fraction of sp³-hybridized carbons (Fsp3) is 0.769. The van der Waals surface area contributed by atoms with Gasteiger partial charge in [0.15, 0.2) is 0 Å². The highest BCUT2D eigenvalue weighted by molar-refractivity contribution is 5.80. The number of hydrogen-bond donors (Lipinski definition) is 5. The molecule has 0 aromatic carbocycles. The van der Waals surface area contributed by atoms with Crippen LogP contribution < -0.4 is 5.32 Å². The average Bonchev–Trinajstić information content (AvgIpc) is 3.04. The van der Waals surface area contributed by atoms with E-state index in [1.54, 1.807) is 0 Å². The maximum atomic E-state index is 12.4.